The van der Waals surface area contributed by atoms with Crippen molar-refractivity contribution in [3.05, 3.63) is 28.8 Å². The van der Waals surface area contributed by atoms with Gasteiger partial charge in [-0.25, -0.2) is 0 Å². The maximum absolute atomic E-state index is 9.67. The number of thioether (sulfide) groups is 1. The fourth-order valence-corrected chi connectivity index (χ4v) is 3.07. The van der Waals surface area contributed by atoms with Gasteiger partial charge in [-0.2, -0.15) is 0 Å². The van der Waals surface area contributed by atoms with Gasteiger partial charge >= 0.3 is 0 Å². The third-order valence-corrected chi connectivity index (χ3v) is 4.48. The molecule has 1 aliphatic rings. The summed E-state index contributed by atoms with van der Waals surface area (Å²) in [4.78, 5) is 0. The minimum atomic E-state index is 0.131. The van der Waals surface area contributed by atoms with E-state index in [0.717, 1.165) is 29.1 Å². The van der Waals surface area contributed by atoms with E-state index in [9.17, 15) is 5.11 Å². The number of anilines is 2. The van der Waals surface area contributed by atoms with E-state index in [0.29, 0.717) is 11.1 Å². The minimum absolute atomic E-state index is 0.131. The number of phenols is 1. The molecule has 18 heavy (non-hydrogen) atoms. The van der Waals surface area contributed by atoms with Gasteiger partial charge in [-0.3, -0.25) is 0 Å². The number of aryl methyl sites for hydroxylation is 1. The van der Waals surface area contributed by atoms with Crippen molar-refractivity contribution in [2.75, 3.05) is 16.8 Å². The highest BCUT2D eigenvalue weighted by atomic mass is 32.2. The van der Waals surface area contributed by atoms with Crippen molar-refractivity contribution in [2.45, 2.75) is 27.2 Å². The second-order valence-electron chi connectivity index (χ2n) is 5.61. The van der Waals surface area contributed by atoms with Gasteiger partial charge in [-0.1, -0.05) is 19.9 Å². The summed E-state index contributed by atoms with van der Waals surface area (Å²) < 4.78 is 0. The molecule has 0 aliphatic carbocycles. The Bertz CT molecular complexity index is 495. The zero-order valence-electron chi connectivity index (χ0n) is 11.1. The lowest BCUT2D eigenvalue weighted by Crippen LogP contribution is -2.21. The predicted molar refractivity (Wildman–Crippen MR) is 79.8 cm³/mol. The molecular formula is C14H20N2OS. The van der Waals surface area contributed by atoms with E-state index in [1.165, 1.54) is 0 Å². The topological polar surface area (TPSA) is 58.3 Å². The molecule has 2 rings (SSSR count). The van der Waals surface area contributed by atoms with Gasteiger partial charge in [0.2, 0.25) is 0 Å². The molecule has 4 heteroatoms. The maximum atomic E-state index is 9.67. The molecule has 1 aliphatic heterocycles. The van der Waals surface area contributed by atoms with Crippen LogP contribution in [0, 0.1) is 12.3 Å². The molecule has 0 saturated carbocycles. The molecule has 1 aromatic carbocycles. The Kier molecular flexibility index (Phi) is 3.48. The predicted octanol–water partition coefficient (Wildman–Crippen LogP) is 3.70. The summed E-state index contributed by atoms with van der Waals surface area (Å²) in [6.45, 7) is 6.50. The molecule has 0 saturated heterocycles. The van der Waals surface area contributed by atoms with Gasteiger partial charge in [0.1, 0.15) is 5.75 Å². The maximum Gasteiger partial charge on any atom is 0.140 e. The number of allylic oxidation sites excluding steroid dienone is 1. The first-order valence-corrected chi connectivity index (χ1v) is 7.10. The molecule has 0 fully saturated rings. The van der Waals surface area contributed by atoms with Crippen LogP contribution in [0.5, 0.6) is 5.75 Å². The molecule has 0 radical (unpaired) electrons. The molecule has 0 unspecified atom stereocenters. The van der Waals surface area contributed by atoms with Crippen LogP contribution < -0.4 is 11.1 Å². The monoisotopic (exact) mass is 264 g/mol. The van der Waals surface area contributed by atoms with Gasteiger partial charge in [-0.15, -0.1) is 11.8 Å². The number of aromatic hydroxyl groups is 1. The van der Waals surface area contributed by atoms with Crippen molar-refractivity contribution in [3.8, 4) is 5.75 Å². The molecule has 0 spiro atoms. The van der Waals surface area contributed by atoms with E-state index >= 15 is 0 Å². The van der Waals surface area contributed by atoms with Crippen LogP contribution in [0.4, 0.5) is 11.4 Å². The average Bonchev–Trinajstić information content (AvgIpc) is 2.28. The van der Waals surface area contributed by atoms with Gasteiger partial charge < -0.3 is 16.2 Å². The van der Waals surface area contributed by atoms with E-state index in [1.807, 2.05) is 24.8 Å². The van der Waals surface area contributed by atoms with Crippen molar-refractivity contribution in [1.82, 2.24) is 0 Å². The first kappa shape index (κ1) is 13.1. The second-order valence-corrected chi connectivity index (χ2v) is 6.47. The number of nitrogens with two attached hydrogens (primary N) is 1. The van der Waals surface area contributed by atoms with E-state index in [2.05, 4.69) is 24.6 Å². The first-order chi connectivity index (χ1) is 8.39. The summed E-state index contributed by atoms with van der Waals surface area (Å²) in [5, 5.41) is 15.2. The van der Waals surface area contributed by atoms with Crippen molar-refractivity contribution < 1.29 is 5.11 Å². The zero-order valence-corrected chi connectivity index (χ0v) is 11.9. The Hall–Kier alpha value is -1.29. The Balaban J connectivity index is 2.25. The molecule has 4 N–H and O–H groups in total. The summed E-state index contributed by atoms with van der Waals surface area (Å²) in [5.74, 6) is 1.26. The lowest BCUT2D eigenvalue weighted by atomic mass is 9.90. The molecule has 0 amide bonds. The summed E-state index contributed by atoms with van der Waals surface area (Å²) in [6, 6.07) is 3.50. The SMILES string of the molecule is Cc1ccc(O)c(N)c1NC1=CSCC(C)(C)C1. The van der Waals surface area contributed by atoms with Crippen LogP contribution in [0.2, 0.25) is 0 Å². The van der Waals surface area contributed by atoms with Crippen molar-refractivity contribution in [2.24, 2.45) is 5.41 Å². The molecule has 0 bridgehead atoms. The number of hydrogen-bond donors (Lipinski definition) is 3. The Labute approximate surface area is 112 Å². The lowest BCUT2D eigenvalue weighted by molar-refractivity contribution is 0.418. The van der Waals surface area contributed by atoms with E-state index in [-0.39, 0.29) is 5.75 Å². The van der Waals surface area contributed by atoms with E-state index in [4.69, 9.17) is 5.73 Å². The second kappa shape index (κ2) is 4.76. The van der Waals surface area contributed by atoms with Crippen LogP contribution >= 0.6 is 11.8 Å². The fourth-order valence-electron chi connectivity index (χ4n) is 2.09. The first-order valence-electron chi connectivity index (χ1n) is 6.05. The smallest absolute Gasteiger partial charge is 0.140 e. The summed E-state index contributed by atoms with van der Waals surface area (Å²) in [7, 11) is 0. The highest BCUT2D eigenvalue weighted by Crippen LogP contribution is 2.38. The van der Waals surface area contributed by atoms with Gasteiger partial charge in [0.25, 0.3) is 0 Å². The zero-order chi connectivity index (χ0) is 13.3. The number of nitrogen functional groups attached to an aromatic ring is 1. The summed E-state index contributed by atoms with van der Waals surface area (Å²) in [6.07, 6.45) is 0.995. The Morgan fingerprint density at radius 3 is 2.78 bits per heavy atom. The average molecular weight is 264 g/mol. The van der Waals surface area contributed by atoms with E-state index < -0.39 is 0 Å². The number of nitrogens with one attached hydrogen (secondary N) is 1. The fraction of sp³-hybridized carbons (Fsp3) is 0.429. The van der Waals surface area contributed by atoms with Crippen molar-refractivity contribution in [1.29, 1.82) is 0 Å². The number of hydrogen-bond acceptors (Lipinski definition) is 4. The number of rotatable bonds is 2. The van der Waals surface area contributed by atoms with Crippen LogP contribution in [-0.2, 0) is 0 Å². The molecule has 1 aromatic rings. The minimum Gasteiger partial charge on any atom is -0.506 e. The van der Waals surface area contributed by atoms with E-state index in [1.54, 1.807) is 6.07 Å². The van der Waals surface area contributed by atoms with Gasteiger partial charge in [0.05, 0.1) is 11.4 Å². The standard InChI is InChI=1S/C14H20N2OS/c1-9-4-5-11(17)12(15)13(9)16-10-6-14(2,3)8-18-7-10/h4-5,7,16-17H,6,8,15H2,1-3H3. The highest BCUT2D eigenvalue weighted by molar-refractivity contribution is 8.02. The number of phenolic OH excluding ortho intramolecular Hbond substituents is 1. The third kappa shape index (κ3) is 2.75. The molecule has 0 atom stereocenters. The Morgan fingerprint density at radius 1 is 1.39 bits per heavy atom. The summed E-state index contributed by atoms with van der Waals surface area (Å²) in [5.41, 5.74) is 9.66. The third-order valence-electron chi connectivity index (χ3n) is 3.09. The van der Waals surface area contributed by atoms with Gasteiger partial charge in [0.15, 0.2) is 0 Å². The normalized spacial score (nSPS) is 18.3. The van der Waals surface area contributed by atoms with Crippen LogP contribution in [0.1, 0.15) is 25.8 Å². The van der Waals surface area contributed by atoms with Crippen LogP contribution in [-0.4, -0.2) is 10.9 Å². The lowest BCUT2D eigenvalue weighted by Gasteiger charge is -2.30. The Morgan fingerprint density at radius 2 is 2.11 bits per heavy atom. The van der Waals surface area contributed by atoms with Crippen LogP contribution in [0.25, 0.3) is 0 Å². The largest absolute Gasteiger partial charge is 0.506 e. The number of benzene rings is 1. The highest BCUT2D eigenvalue weighted by Gasteiger charge is 2.24. The van der Waals surface area contributed by atoms with Crippen molar-refractivity contribution in [3.63, 3.8) is 0 Å². The van der Waals surface area contributed by atoms with Crippen LogP contribution in [0.15, 0.2) is 23.2 Å². The van der Waals surface area contributed by atoms with Crippen molar-refractivity contribution >= 4 is 23.1 Å². The molecular weight excluding hydrogens is 244 g/mol. The molecule has 1 heterocycles. The van der Waals surface area contributed by atoms with Crippen LogP contribution in [0.3, 0.4) is 0 Å². The summed E-state index contributed by atoms with van der Waals surface area (Å²) >= 11 is 1.82. The molecule has 0 aromatic heterocycles. The molecule has 3 nitrogen and oxygen atoms in total. The van der Waals surface area contributed by atoms with Gasteiger partial charge in [0, 0.05) is 11.4 Å². The van der Waals surface area contributed by atoms with Gasteiger partial charge in [-0.05, 0) is 35.8 Å². The molecule has 98 valence electrons. The quantitative estimate of drug-likeness (QED) is 0.563.